The molecule has 0 aliphatic carbocycles. The van der Waals surface area contributed by atoms with Crippen LogP contribution < -0.4 is 20.5 Å². The molecule has 0 spiro atoms. The van der Waals surface area contributed by atoms with E-state index in [0.717, 1.165) is 13.2 Å². The number of nitro benzene ring substituents is 1. The maximum absolute atomic E-state index is 12.5. The maximum Gasteiger partial charge on any atom is 0.387 e. The predicted molar refractivity (Wildman–Crippen MR) is 89.2 cm³/mol. The second kappa shape index (κ2) is 8.08. The third kappa shape index (κ3) is 4.66. The molecule has 27 heavy (non-hydrogen) atoms. The molecule has 9 nitrogen and oxygen atoms in total. The maximum atomic E-state index is 12.5. The van der Waals surface area contributed by atoms with Crippen LogP contribution in [0.4, 0.5) is 20.2 Å². The number of halogens is 2. The monoisotopic (exact) mass is 381 g/mol. The van der Waals surface area contributed by atoms with E-state index in [1.54, 1.807) is 0 Å². The molecule has 11 heteroatoms. The van der Waals surface area contributed by atoms with E-state index in [9.17, 15) is 28.5 Å². The van der Waals surface area contributed by atoms with E-state index in [-0.39, 0.29) is 17.0 Å². The summed E-state index contributed by atoms with van der Waals surface area (Å²) in [4.78, 5) is 34.0. The number of ether oxygens (including phenoxy) is 2. The summed E-state index contributed by atoms with van der Waals surface area (Å²) in [5, 5.41) is 13.6. The Morgan fingerprint density at radius 3 is 2.48 bits per heavy atom. The molecule has 0 heterocycles. The number of nitrogens with zero attached hydrogens (tertiary/aromatic N) is 1. The number of hydrogen-bond acceptors (Lipinski definition) is 6. The third-order valence-corrected chi connectivity index (χ3v) is 3.34. The molecule has 0 atom stereocenters. The summed E-state index contributed by atoms with van der Waals surface area (Å²) in [5.74, 6) is -2.54. The van der Waals surface area contributed by atoms with Crippen molar-refractivity contribution in [3.8, 4) is 11.5 Å². The first-order chi connectivity index (χ1) is 12.7. The molecule has 2 aromatic rings. The summed E-state index contributed by atoms with van der Waals surface area (Å²) in [7, 11) is 1.12. The van der Waals surface area contributed by atoms with E-state index in [2.05, 4.69) is 10.1 Å². The van der Waals surface area contributed by atoms with Gasteiger partial charge in [0.15, 0.2) is 11.5 Å². The summed E-state index contributed by atoms with van der Waals surface area (Å²) in [6.07, 6.45) is 0. The van der Waals surface area contributed by atoms with Crippen LogP contribution in [0, 0.1) is 10.1 Å². The van der Waals surface area contributed by atoms with E-state index in [1.165, 1.54) is 24.3 Å². The minimum atomic E-state index is -3.24. The third-order valence-electron chi connectivity index (χ3n) is 3.34. The molecule has 0 saturated carbocycles. The molecule has 3 N–H and O–H groups in total. The standard InChI is InChI=1S/C16H13F2N3O6/c1-26-12-6-10(11(21(24)25)7-13(12)27-16(17)18)15(23)20-9-4-2-3-8(5-9)14(19)22/h2-7,16H,1H3,(H2,19,22)(H,20,23). The highest BCUT2D eigenvalue weighted by Gasteiger charge is 2.26. The summed E-state index contributed by atoms with van der Waals surface area (Å²) in [6.45, 7) is -3.24. The van der Waals surface area contributed by atoms with E-state index in [1.807, 2.05) is 0 Å². The van der Waals surface area contributed by atoms with Crippen LogP contribution in [0.3, 0.4) is 0 Å². The Bertz CT molecular complexity index is 904. The number of nitro groups is 1. The fourth-order valence-corrected chi connectivity index (χ4v) is 2.18. The molecular formula is C16H13F2N3O6. The van der Waals surface area contributed by atoms with Crippen molar-refractivity contribution in [1.29, 1.82) is 0 Å². The SMILES string of the molecule is COc1cc(C(=O)Nc2cccc(C(N)=O)c2)c([N+](=O)[O-])cc1OC(F)F. The molecular weight excluding hydrogens is 368 g/mol. The van der Waals surface area contributed by atoms with Crippen LogP contribution in [0.1, 0.15) is 20.7 Å². The van der Waals surface area contributed by atoms with Crippen molar-refractivity contribution in [2.45, 2.75) is 6.61 Å². The van der Waals surface area contributed by atoms with Crippen molar-refractivity contribution in [3.63, 3.8) is 0 Å². The number of anilines is 1. The van der Waals surface area contributed by atoms with Gasteiger partial charge in [-0.25, -0.2) is 0 Å². The van der Waals surface area contributed by atoms with Crippen molar-refractivity contribution < 1.29 is 32.8 Å². The number of amides is 2. The summed E-state index contributed by atoms with van der Waals surface area (Å²) in [5.41, 5.74) is 4.19. The molecule has 0 saturated heterocycles. The Hall–Kier alpha value is -3.76. The van der Waals surface area contributed by atoms with Crippen LogP contribution in [0.2, 0.25) is 0 Å². The molecule has 2 rings (SSSR count). The number of hydrogen-bond donors (Lipinski definition) is 2. The molecule has 0 radical (unpaired) electrons. The first kappa shape index (κ1) is 19.6. The van der Waals surface area contributed by atoms with Gasteiger partial charge in [-0.2, -0.15) is 8.78 Å². The normalized spacial score (nSPS) is 10.4. The summed E-state index contributed by atoms with van der Waals surface area (Å²) in [6, 6.07) is 7.15. The van der Waals surface area contributed by atoms with Gasteiger partial charge in [-0.05, 0) is 18.2 Å². The molecule has 2 amide bonds. The Labute approximate surface area is 150 Å². The smallest absolute Gasteiger partial charge is 0.387 e. The highest BCUT2D eigenvalue weighted by molar-refractivity contribution is 6.08. The lowest BCUT2D eigenvalue weighted by Gasteiger charge is -2.12. The van der Waals surface area contributed by atoms with Crippen molar-refractivity contribution in [1.82, 2.24) is 0 Å². The zero-order chi connectivity index (χ0) is 20.1. The Balaban J connectivity index is 2.43. The largest absolute Gasteiger partial charge is 0.493 e. The van der Waals surface area contributed by atoms with Crippen molar-refractivity contribution in [2.75, 3.05) is 12.4 Å². The van der Waals surface area contributed by atoms with Gasteiger partial charge in [-0.3, -0.25) is 19.7 Å². The molecule has 0 fully saturated rings. The summed E-state index contributed by atoms with van der Waals surface area (Å²) >= 11 is 0. The fraction of sp³-hybridized carbons (Fsp3) is 0.125. The number of carbonyl (C=O) groups is 2. The van der Waals surface area contributed by atoms with Gasteiger partial charge in [-0.1, -0.05) is 6.07 Å². The lowest BCUT2D eigenvalue weighted by atomic mass is 10.1. The first-order valence-electron chi connectivity index (χ1n) is 7.25. The van der Waals surface area contributed by atoms with Gasteiger partial charge in [0.2, 0.25) is 5.91 Å². The minimum Gasteiger partial charge on any atom is -0.493 e. The minimum absolute atomic E-state index is 0.112. The van der Waals surface area contributed by atoms with Gasteiger partial charge in [0.1, 0.15) is 5.56 Å². The second-order valence-electron chi connectivity index (χ2n) is 5.06. The Kier molecular flexibility index (Phi) is 5.85. The fourth-order valence-electron chi connectivity index (χ4n) is 2.18. The van der Waals surface area contributed by atoms with Crippen LogP contribution in [-0.4, -0.2) is 30.5 Å². The van der Waals surface area contributed by atoms with Crippen molar-refractivity contribution in [3.05, 3.63) is 57.6 Å². The predicted octanol–water partition coefficient (Wildman–Crippen LogP) is 2.56. The molecule has 0 aromatic heterocycles. The highest BCUT2D eigenvalue weighted by Crippen LogP contribution is 2.36. The number of benzene rings is 2. The zero-order valence-corrected chi connectivity index (χ0v) is 13.8. The van der Waals surface area contributed by atoms with Gasteiger partial charge in [0.05, 0.1) is 18.1 Å². The average molecular weight is 381 g/mol. The van der Waals surface area contributed by atoms with E-state index in [0.29, 0.717) is 6.07 Å². The number of rotatable bonds is 7. The molecule has 0 bridgehead atoms. The lowest BCUT2D eigenvalue weighted by Crippen LogP contribution is -2.16. The van der Waals surface area contributed by atoms with Crippen LogP contribution in [-0.2, 0) is 0 Å². The molecule has 0 aliphatic heterocycles. The van der Waals surface area contributed by atoms with Crippen LogP contribution in [0.25, 0.3) is 0 Å². The van der Waals surface area contributed by atoms with Crippen LogP contribution in [0.5, 0.6) is 11.5 Å². The van der Waals surface area contributed by atoms with E-state index >= 15 is 0 Å². The van der Waals surface area contributed by atoms with Gasteiger partial charge in [-0.15, -0.1) is 0 Å². The Morgan fingerprint density at radius 1 is 1.22 bits per heavy atom. The van der Waals surface area contributed by atoms with Gasteiger partial charge in [0, 0.05) is 17.3 Å². The van der Waals surface area contributed by atoms with Crippen molar-refractivity contribution >= 4 is 23.2 Å². The van der Waals surface area contributed by atoms with Gasteiger partial charge < -0.3 is 20.5 Å². The van der Waals surface area contributed by atoms with Crippen LogP contribution >= 0.6 is 0 Å². The van der Waals surface area contributed by atoms with Crippen LogP contribution in [0.15, 0.2) is 36.4 Å². The zero-order valence-electron chi connectivity index (χ0n) is 13.8. The number of alkyl halides is 2. The summed E-state index contributed by atoms with van der Waals surface area (Å²) < 4.78 is 33.9. The molecule has 0 aliphatic rings. The van der Waals surface area contributed by atoms with Crippen molar-refractivity contribution in [2.24, 2.45) is 5.73 Å². The second-order valence-corrected chi connectivity index (χ2v) is 5.06. The molecule has 0 unspecified atom stereocenters. The Morgan fingerprint density at radius 2 is 1.93 bits per heavy atom. The number of nitrogens with two attached hydrogens (primary N) is 1. The first-order valence-corrected chi connectivity index (χ1v) is 7.25. The lowest BCUT2D eigenvalue weighted by molar-refractivity contribution is -0.385. The average Bonchev–Trinajstić information content (AvgIpc) is 2.60. The van der Waals surface area contributed by atoms with E-state index in [4.69, 9.17) is 10.5 Å². The number of carbonyl (C=O) groups excluding carboxylic acids is 2. The number of nitrogens with one attached hydrogen (secondary N) is 1. The number of methoxy groups -OCH3 is 1. The topological polar surface area (TPSA) is 134 Å². The molecule has 2 aromatic carbocycles. The van der Waals surface area contributed by atoms with Gasteiger partial charge >= 0.3 is 6.61 Å². The number of primary amides is 1. The molecule has 142 valence electrons. The highest BCUT2D eigenvalue weighted by atomic mass is 19.3. The van der Waals surface area contributed by atoms with E-state index < -0.39 is 40.3 Å². The van der Waals surface area contributed by atoms with Gasteiger partial charge in [0.25, 0.3) is 11.6 Å². The quantitative estimate of drug-likeness (QED) is 0.559.